The van der Waals surface area contributed by atoms with Crippen molar-refractivity contribution in [2.75, 3.05) is 44.2 Å². The summed E-state index contributed by atoms with van der Waals surface area (Å²) >= 11 is 6.99. The van der Waals surface area contributed by atoms with Crippen molar-refractivity contribution in [2.45, 2.75) is 13.3 Å². The fourth-order valence-electron chi connectivity index (χ4n) is 5.26. The molecule has 3 aliphatic heterocycles. The van der Waals surface area contributed by atoms with Crippen LogP contribution in [0.25, 0.3) is 22.0 Å². The van der Waals surface area contributed by atoms with Gasteiger partial charge in [-0.2, -0.15) is 5.10 Å². The highest BCUT2D eigenvalue weighted by molar-refractivity contribution is 6.35. The molecule has 1 amide bonds. The number of aryl methyl sites for hydroxylation is 1. The SMILES string of the molecule is C=CC(=O)N1CCN(C2=NC(O)N3CCOc4c(-c5c(C)ccc6[nH]ncc56)c(Cl)cc2c43)CC1. The van der Waals surface area contributed by atoms with E-state index in [0.29, 0.717) is 55.9 Å². The normalized spacial score (nSPS) is 19.3. The van der Waals surface area contributed by atoms with E-state index < -0.39 is 6.35 Å². The number of nitrogens with one attached hydrogen (secondary N) is 1. The number of aromatic amines is 1. The van der Waals surface area contributed by atoms with Crippen LogP contribution in [0, 0.1) is 6.92 Å². The molecule has 1 unspecified atom stereocenters. The fourth-order valence-corrected chi connectivity index (χ4v) is 5.55. The Morgan fingerprint density at radius 1 is 1.26 bits per heavy atom. The number of halogens is 1. The van der Waals surface area contributed by atoms with Gasteiger partial charge in [-0.3, -0.25) is 9.89 Å². The number of carbonyl (C=O) groups excluding carboxylic acids is 1. The molecule has 180 valence electrons. The minimum Gasteiger partial charge on any atom is -0.489 e. The number of aliphatic hydroxyl groups is 1. The van der Waals surface area contributed by atoms with E-state index >= 15 is 0 Å². The van der Waals surface area contributed by atoms with Gasteiger partial charge >= 0.3 is 0 Å². The van der Waals surface area contributed by atoms with Crippen LogP contribution in [0.5, 0.6) is 5.75 Å². The topological polar surface area (TPSA) is 97.3 Å². The number of fused-ring (bicyclic) bond motifs is 1. The third-order valence-electron chi connectivity index (χ3n) is 6.98. The molecule has 0 bridgehead atoms. The second-order valence-electron chi connectivity index (χ2n) is 8.90. The number of aliphatic hydroxyl groups excluding tert-OH is 1. The van der Waals surface area contributed by atoms with E-state index in [1.807, 2.05) is 30.0 Å². The summed E-state index contributed by atoms with van der Waals surface area (Å²) < 4.78 is 6.26. The van der Waals surface area contributed by atoms with Crippen LogP contribution in [0.4, 0.5) is 5.69 Å². The highest BCUT2D eigenvalue weighted by Crippen LogP contribution is 2.51. The molecule has 0 spiro atoms. The summed E-state index contributed by atoms with van der Waals surface area (Å²) in [5, 5.41) is 19.8. The predicted octanol–water partition coefficient (Wildman–Crippen LogP) is 2.76. The van der Waals surface area contributed by atoms with Gasteiger partial charge in [0.25, 0.3) is 0 Å². The number of piperazine rings is 1. The first-order valence-corrected chi connectivity index (χ1v) is 12.0. The third-order valence-corrected chi connectivity index (χ3v) is 7.28. The molecule has 6 rings (SSSR count). The summed E-state index contributed by atoms with van der Waals surface area (Å²) in [6.07, 6.45) is 2.10. The maximum absolute atomic E-state index is 12.0. The number of aromatic nitrogens is 2. The zero-order valence-corrected chi connectivity index (χ0v) is 20.0. The van der Waals surface area contributed by atoms with Crippen LogP contribution in [0.3, 0.4) is 0 Å². The summed E-state index contributed by atoms with van der Waals surface area (Å²) in [6.45, 7) is 8.82. The average molecular weight is 493 g/mol. The van der Waals surface area contributed by atoms with Crippen molar-refractivity contribution in [3.05, 3.63) is 53.2 Å². The third kappa shape index (κ3) is 3.37. The standard InChI is InChI=1S/C25H25ClN6O3/c1-3-19(33)30-6-8-31(9-7-30)24-15-12-17(26)21(20-14(2)4-5-18-16(20)13-27-29-18)23-22(15)32(10-11-35-23)25(34)28-24/h3-5,12-13,25,34H,1,6-11H2,2H3,(H,27,29). The number of carbonyl (C=O) groups is 1. The molecule has 3 aliphatic rings. The number of benzene rings is 2. The van der Waals surface area contributed by atoms with Crippen molar-refractivity contribution in [2.24, 2.45) is 4.99 Å². The summed E-state index contributed by atoms with van der Waals surface area (Å²) in [6, 6.07) is 5.95. The van der Waals surface area contributed by atoms with Crippen LogP contribution in [0.15, 0.2) is 42.0 Å². The molecule has 2 aromatic carbocycles. The van der Waals surface area contributed by atoms with E-state index in [1.165, 1.54) is 6.08 Å². The number of ether oxygens (including phenoxy) is 1. The molecular formula is C25H25ClN6O3. The Bertz CT molecular complexity index is 1390. The zero-order chi connectivity index (χ0) is 24.3. The van der Waals surface area contributed by atoms with Gasteiger partial charge in [0.05, 0.1) is 29.0 Å². The first-order valence-electron chi connectivity index (χ1n) is 11.6. The predicted molar refractivity (Wildman–Crippen MR) is 135 cm³/mol. The molecule has 0 aliphatic carbocycles. The van der Waals surface area contributed by atoms with Gasteiger partial charge in [0.15, 0.2) is 5.75 Å². The van der Waals surface area contributed by atoms with Crippen molar-refractivity contribution >= 4 is 39.9 Å². The number of amidine groups is 1. The van der Waals surface area contributed by atoms with E-state index in [-0.39, 0.29) is 5.91 Å². The summed E-state index contributed by atoms with van der Waals surface area (Å²) in [4.78, 5) is 22.4. The van der Waals surface area contributed by atoms with E-state index in [2.05, 4.69) is 26.7 Å². The minimum atomic E-state index is -1.03. The van der Waals surface area contributed by atoms with Crippen molar-refractivity contribution < 1.29 is 14.6 Å². The maximum Gasteiger partial charge on any atom is 0.246 e. The van der Waals surface area contributed by atoms with Gasteiger partial charge in [-0.05, 0) is 30.7 Å². The van der Waals surface area contributed by atoms with Crippen LogP contribution in [0.2, 0.25) is 5.02 Å². The van der Waals surface area contributed by atoms with Crippen molar-refractivity contribution in [3.8, 4) is 16.9 Å². The Morgan fingerprint density at radius 2 is 2.06 bits per heavy atom. The average Bonchev–Trinajstić information content (AvgIpc) is 3.35. The van der Waals surface area contributed by atoms with Gasteiger partial charge in [-0.1, -0.05) is 24.2 Å². The number of nitrogens with zero attached hydrogens (tertiary/aromatic N) is 5. The highest BCUT2D eigenvalue weighted by Gasteiger charge is 2.38. The van der Waals surface area contributed by atoms with Crippen molar-refractivity contribution in [1.29, 1.82) is 0 Å². The summed E-state index contributed by atoms with van der Waals surface area (Å²) in [5.74, 6) is 1.22. The fraction of sp³-hybridized carbons (Fsp3) is 0.320. The summed E-state index contributed by atoms with van der Waals surface area (Å²) in [7, 11) is 0. The lowest BCUT2D eigenvalue weighted by atomic mass is 9.92. The van der Waals surface area contributed by atoms with Crippen LogP contribution < -0.4 is 9.64 Å². The molecule has 10 heteroatoms. The second kappa shape index (κ2) is 8.28. The second-order valence-corrected chi connectivity index (χ2v) is 9.31. The maximum atomic E-state index is 12.0. The molecular weight excluding hydrogens is 468 g/mol. The molecule has 1 atom stereocenters. The van der Waals surface area contributed by atoms with Crippen molar-refractivity contribution in [1.82, 2.24) is 20.0 Å². The molecule has 35 heavy (non-hydrogen) atoms. The molecule has 1 aromatic heterocycles. The highest BCUT2D eigenvalue weighted by atomic mass is 35.5. The van der Waals surface area contributed by atoms with Gasteiger partial charge in [-0.25, -0.2) is 4.99 Å². The van der Waals surface area contributed by atoms with Crippen LogP contribution >= 0.6 is 11.6 Å². The van der Waals surface area contributed by atoms with Crippen LogP contribution in [-0.2, 0) is 4.79 Å². The number of hydrogen-bond donors (Lipinski definition) is 2. The van der Waals surface area contributed by atoms with E-state index in [0.717, 1.165) is 38.8 Å². The number of H-pyrrole nitrogens is 1. The Labute approximate surface area is 207 Å². The van der Waals surface area contributed by atoms with Gasteiger partial charge in [-0.15, -0.1) is 0 Å². The van der Waals surface area contributed by atoms with Crippen molar-refractivity contribution in [3.63, 3.8) is 0 Å². The quantitative estimate of drug-likeness (QED) is 0.534. The number of hydrogen-bond acceptors (Lipinski definition) is 7. The lowest BCUT2D eigenvalue weighted by Crippen LogP contribution is -2.53. The smallest absolute Gasteiger partial charge is 0.246 e. The molecule has 1 fully saturated rings. The number of rotatable bonds is 2. The van der Waals surface area contributed by atoms with E-state index in [1.54, 1.807) is 11.1 Å². The van der Waals surface area contributed by atoms with E-state index in [9.17, 15) is 9.90 Å². The Hall–Kier alpha value is -3.56. The minimum absolute atomic E-state index is 0.0802. The van der Waals surface area contributed by atoms with E-state index in [4.69, 9.17) is 16.3 Å². The molecule has 2 N–H and O–H groups in total. The van der Waals surface area contributed by atoms with Gasteiger partial charge in [0.1, 0.15) is 12.4 Å². The number of aliphatic imine (C=N–C) groups is 1. The largest absolute Gasteiger partial charge is 0.489 e. The first kappa shape index (κ1) is 21.9. The number of amides is 1. The molecule has 0 radical (unpaired) electrons. The molecule has 3 aromatic rings. The molecule has 4 heterocycles. The molecule has 1 saturated heterocycles. The van der Waals surface area contributed by atoms with Gasteiger partial charge in [0, 0.05) is 48.3 Å². The Kier molecular flexibility index (Phi) is 5.19. The van der Waals surface area contributed by atoms with Crippen LogP contribution in [0.1, 0.15) is 11.1 Å². The van der Waals surface area contributed by atoms with Gasteiger partial charge < -0.3 is 24.5 Å². The number of anilines is 1. The van der Waals surface area contributed by atoms with Gasteiger partial charge in [0.2, 0.25) is 12.3 Å². The Balaban J connectivity index is 1.49. The molecule has 9 nitrogen and oxygen atoms in total. The van der Waals surface area contributed by atoms with Crippen LogP contribution in [-0.4, -0.2) is 82.5 Å². The zero-order valence-electron chi connectivity index (χ0n) is 19.3. The monoisotopic (exact) mass is 492 g/mol. The Morgan fingerprint density at radius 3 is 2.83 bits per heavy atom. The lowest BCUT2D eigenvalue weighted by Gasteiger charge is -2.43. The lowest BCUT2D eigenvalue weighted by molar-refractivity contribution is -0.127. The molecule has 0 saturated carbocycles. The summed E-state index contributed by atoms with van der Waals surface area (Å²) in [5.41, 5.74) is 5.31. The first-order chi connectivity index (χ1) is 17.0.